The quantitative estimate of drug-likeness (QED) is 0.780. The molecule has 0 heterocycles. The molecular weight excluding hydrogens is 308 g/mol. The molecule has 0 radical (unpaired) electrons. The fourth-order valence-electron chi connectivity index (χ4n) is 1.56. The van der Waals surface area contributed by atoms with Crippen LogP contribution in [-0.2, 0) is 20.3 Å². The first kappa shape index (κ1) is 17.8. The van der Waals surface area contributed by atoms with E-state index in [1.54, 1.807) is 32.0 Å². The van der Waals surface area contributed by atoms with Gasteiger partial charge in [-0.25, -0.2) is 9.59 Å². The van der Waals surface area contributed by atoms with Crippen LogP contribution in [0.5, 0.6) is 0 Å². The number of esters is 1. The first-order valence-electron chi connectivity index (χ1n) is 6.51. The maximum Gasteiger partial charge on any atom is 0.339 e. The van der Waals surface area contributed by atoms with E-state index < -0.39 is 35.3 Å². The van der Waals surface area contributed by atoms with Gasteiger partial charge in [0.2, 0.25) is 0 Å². The molecule has 0 spiro atoms. The topological polar surface area (TPSA) is 102 Å². The van der Waals surface area contributed by atoms with Gasteiger partial charge in [0, 0.05) is 12.3 Å². The van der Waals surface area contributed by atoms with E-state index in [2.05, 4.69) is 5.32 Å². The highest BCUT2D eigenvalue weighted by atomic mass is 32.2. The van der Waals surface area contributed by atoms with Crippen molar-refractivity contribution in [1.29, 1.82) is 0 Å². The van der Waals surface area contributed by atoms with E-state index in [0.29, 0.717) is 4.90 Å². The Kier molecular flexibility index (Phi) is 6.71. The summed E-state index contributed by atoms with van der Waals surface area (Å²) < 4.78 is 16.3. The SMILES string of the molecule is CC(C)NC(=O)NC(=O)COC(=O)c1ccccc1[S@](C)=O. The second kappa shape index (κ2) is 8.28. The van der Waals surface area contributed by atoms with Crippen LogP contribution < -0.4 is 10.6 Å². The smallest absolute Gasteiger partial charge is 0.339 e. The number of carbonyl (C=O) groups excluding carboxylic acids is 3. The van der Waals surface area contributed by atoms with Crippen molar-refractivity contribution in [3.63, 3.8) is 0 Å². The van der Waals surface area contributed by atoms with Crippen molar-refractivity contribution in [2.24, 2.45) is 0 Å². The molecule has 120 valence electrons. The van der Waals surface area contributed by atoms with Gasteiger partial charge in [-0.3, -0.25) is 14.3 Å². The number of ether oxygens (including phenoxy) is 1. The zero-order valence-corrected chi connectivity index (χ0v) is 13.4. The maximum atomic E-state index is 11.9. The number of rotatable bonds is 5. The van der Waals surface area contributed by atoms with E-state index in [4.69, 9.17) is 4.74 Å². The van der Waals surface area contributed by atoms with Crippen molar-refractivity contribution in [2.75, 3.05) is 12.9 Å². The summed E-state index contributed by atoms with van der Waals surface area (Å²) >= 11 is 0. The normalized spacial score (nSPS) is 11.6. The van der Waals surface area contributed by atoms with Gasteiger partial charge in [-0.1, -0.05) is 12.1 Å². The number of benzene rings is 1. The van der Waals surface area contributed by atoms with Crippen molar-refractivity contribution in [3.05, 3.63) is 29.8 Å². The minimum atomic E-state index is -1.36. The highest BCUT2D eigenvalue weighted by Crippen LogP contribution is 2.13. The highest BCUT2D eigenvalue weighted by molar-refractivity contribution is 7.84. The van der Waals surface area contributed by atoms with Crippen LogP contribution in [-0.4, -0.2) is 41.0 Å². The zero-order valence-electron chi connectivity index (χ0n) is 12.5. The summed E-state index contributed by atoms with van der Waals surface area (Å²) in [6, 6.07) is 5.47. The maximum absolute atomic E-state index is 11.9. The third-order valence-corrected chi connectivity index (χ3v) is 3.40. The molecule has 22 heavy (non-hydrogen) atoms. The number of urea groups is 1. The summed E-state index contributed by atoms with van der Waals surface area (Å²) in [6.45, 7) is 2.88. The lowest BCUT2D eigenvalue weighted by Gasteiger charge is -2.10. The molecular formula is C14H18N2O5S. The van der Waals surface area contributed by atoms with E-state index in [1.165, 1.54) is 12.3 Å². The van der Waals surface area contributed by atoms with Crippen molar-refractivity contribution in [3.8, 4) is 0 Å². The number of amides is 3. The van der Waals surface area contributed by atoms with Crippen LogP contribution >= 0.6 is 0 Å². The van der Waals surface area contributed by atoms with E-state index >= 15 is 0 Å². The van der Waals surface area contributed by atoms with Gasteiger partial charge in [-0.05, 0) is 26.0 Å². The Morgan fingerprint density at radius 3 is 2.45 bits per heavy atom. The Morgan fingerprint density at radius 2 is 1.86 bits per heavy atom. The van der Waals surface area contributed by atoms with Crippen LogP contribution in [0.4, 0.5) is 4.79 Å². The van der Waals surface area contributed by atoms with Gasteiger partial charge in [0.15, 0.2) is 6.61 Å². The van der Waals surface area contributed by atoms with Crippen LogP contribution in [0.1, 0.15) is 24.2 Å². The minimum Gasteiger partial charge on any atom is -0.452 e. The molecule has 1 rings (SSSR count). The van der Waals surface area contributed by atoms with Gasteiger partial charge in [0.1, 0.15) is 0 Å². The molecule has 7 nitrogen and oxygen atoms in total. The van der Waals surface area contributed by atoms with E-state index in [1.807, 2.05) is 5.32 Å². The largest absolute Gasteiger partial charge is 0.452 e. The molecule has 0 saturated heterocycles. The molecule has 1 aromatic carbocycles. The monoisotopic (exact) mass is 326 g/mol. The molecule has 0 fully saturated rings. The van der Waals surface area contributed by atoms with Gasteiger partial charge in [-0.2, -0.15) is 0 Å². The highest BCUT2D eigenvalue weighted by Gasteiger charge is 2.17. The summed E-state index contributed by atoms with van der Waals surface area (Å²) in [6.07, 6.45) is 1.44. The molecule has 0 aliphatic heterocycles. The van der Waals surface area contributed by atoms with Gasteiger partial charge < -0.3 is 10.1 Å². The third kappa shape index (κ3) is 5.65. The molecule has 0 aliphatic carbocycles. The first-order valence-corrected chi connectivity index (χ1v) is 8.07. The van der Waals surface area contributed by atoms with E-state index in [-0.39, 0.29) is 11.6 Å². The molecule has 1 aromatic rings. The third-order valence-electron chi connectivity index (χ3n) is 2.42. The second-order valence-electron chi connectivity index (χ2n) is 4.70. The van der Waals surface area contributed by atoms with Gasteiger partial charge in [-0.15, -0.1) is 0 Å². The van der Waals surface area contributed by atoms with Gasteiger partial charge in [0.25, 0.3) is 5.91 Å². The number of carbonyl (C=O) groups is 3. The number of hydrogen-bond donors (Lipinski definition) is 2. The van der Waals surface area contributed by atoms with Crippen molar-refractivity contribution < 1.29 is 23.3 Å². The molecule has 0 unspecified atom stereocenters. The average molecular weight is 326 g/mol. The van der Waals surface area contributed by atoms with Crippen LogP contribution in [0.25, 0.3) is 0 Å². The Balaban J connectivity index is 2.58. The molecule has 0 aliphatic rings. The molecule has 0 bridgehead atoms. The molecule has 8 heteroatoms. The predicted molar refractivity (Wildman–Crippen MR) is 80.9 cm³/mol. The van der Waals surface area contributed by atoms with Crippen LogP contribution in [0, 0.1) is 0 Å². The molecule has 0 saturated carbocycles. The Bertz CT molecular complexity index is 601. The summed E-state index contributed by atoms with van der Waals surface area (Å²) in [5, 5.41) is 4.49. The molecule has 2 N–H and O–H groups in total. The number of nitrogens with one attached hydrogen (secondary N) is 2. The number of imide groups is 1. The predicted octanol–water partition coefficient (Wildman–Crippen LogP) is 0.815. The van der Waals surface area contributed by atoms with Crippen molar-refractivity contribution in [1.82, 2.24) is 10.6 Å². The van der Waals surface area contributed by atoms with Gasteiger partial charge >= 0.3 is 12.0 Å². The van der Waals surface area contributed by atoms with E-state index in [0.717, 1.165) is 0 Å². The lowest BCUT2D eigenvalue weighted by molar-refractivity contribution is -0.123. The van der Waals surface area contributed by atoms with E-state index in [9.17, 15) is 18.6 Å². The fourth-order valence-corrected chi connectivity index (χ4v) is 2.29. The Labute approximate surface area is 130 Å². The molecule has 3 amide bonds. The first-order chi connectivity index (χ1) is 10.3. The zero-order chi connectivity index (χ0) is 16.7. The van der Waals surface area contributed by atoms with Crippen LogP contribution in [0.2, 0.25) is 0 Å². The fraction of sp³-hybridized carbons (Fsp3) is 0.357. The van der Waals surface area contributed by atoms with Gasteiger partial charge in [0.05, 0.1) is 21.3 Å². The van der Waals surface area contributed by atoms with Crippen LogP contribution in [0.15, 0.2) is 29.2 Å². The van der Waals surface area contributed by atoms with Crippen molar-refractivity contribution >= 4 is 28.7 Å². The Hall–Kier alpha value is -2.22. The summed E-state index contributed by atoms with van der Waals surface area (Å²) in [4.78, 5) is 35.0. The average Bonchev–Trinajstić information content (AvgIpc) is 2.43. The summed E-state index contributed by atoms with van der Waals surface area (Å²) in [7, 11) is -1.36. The molecule has 0 aromatic heterocycles. The standard InChI is InChI=1S/C14H18N2O5S/c1-9(2)15-14(19)16-12(17)8-21-13(18)10-6-4-5-7-11(10)22(3)20/h4-7,9H,8H2,1-3H3,(H2,15,16,17,19)/t22-/m0/s1. The van der Waals surface area contributed by atoms with Crippen LogP contribution in [0.3, 0.4) is 0 Å². The Morgan fingerprint density at radius 1 is 1.23 bits per heavy atom. The minimum absolute atomic E-state index is 0.123. The lowest BCUT2D eigenvalue weighted by atomic mass is 10.2. The molecule has 1 atom stereocenters. The lowest BCUT2D eigenvalue weighted by Crippen LogP contribution is -2.44. The number of hydrogen-bond acceptors (Lipinski definition) is 5. The summed E-state index contributed by atoms with van der Waals surface area (Å²) in [5.41, 5.74) is 0.128. The van der Waals surface area contributed by atoms with Crippen molar-refractivity contribution in [2.45, 2.75) is 24.8 Å². The summed E-state index contributed by atoms with van der Waals surface area (Å²) in [5.74, 6) is -1.52. The second-order valence-corrected chi connectivity index (χ2v) is 6.05.